The van der Waals surface area contributed by atoms with Gasteiger partial charge in [0.15, 0.2) is 0 Å². The van der Waals surface area contributed by atoms with Crippen LogP contribution in [0.3, 0.4) is 0 Å². The van der Waals surface area contributed by atoms with Crippen LogP contribution in [0.15, 0.2) is 23.0 Å². The van der Waals surface area contributed by atoms with Crippen LogP contribution < -0.4 is 5.56 Å². The molecule has 2 aliphatic rings. The largest absolute Gasteiger partial charge is 0.444 e. The molecular formula is C16H22N2O3. The lowest BCUT2D eigenvalue weighted by Gasteiger charge is -2.42. The van der Waals surface area contributed by atoms with Crippen molar-refractivity contribution in [3.63, 3.8) is 0 Å². The monoisotopic (exact) mass is 290 g/mol. The Labute approximate surface area is 124 Å². The van der Waals surface area contributed by atoms with Crippen LogP contribution in [-0.4, -0.2) is 34.3 Å². The minimum absolute atomic E-state index is 0.0629. The van der Waals surface area contributed by atoms with Gasteiger partial charge < -0.3 is 14.2 Å². The summed E-state index contributed by atoms with van der Waals surface area (Å²) in [6, 6.07) is 5.41. The number of piperidine rings is 1. The molecule has 1 aromatic heterocycles. The Morgan fingerprint density at radius 1 is 1.24 bits per heavy atom. The molecule has 2 atom stereocenters. The van der Waals surface area contributed by atoms with Gasteiger partial charge in [0.2, 0.25) is 0 Å². The molecule has 2 aliphatic heterocycles. The Bertz CT molecular complexity index is 615. The van der Waals surface area contributed by atoms with Crippen molar-refractivity contribution in [3.05, 3.63) is 34.2 Å². The summed E-state index contributed by atoms with van der Waals surface area (Å²) >= 11 is 0. The standard InChI is InChI=1S/C16H22N2O3/c1-16(2,3)21-15(20)17-8-11-7-12(10-17)13-5-4-6-14(19)18(13)9-11/h4-6,11-12H,7-10H2,1-3H3. The average Bonchev–Trinajstić information content (AvgIpc) is 2.38. The molecule has 5 heteroatoms. The molecule has 0 radical (unpaired) electrons. The summed E-state index contributed by atoms with van der Waals surface area (Å²) < 4.78 is 7.34. The van der Waals surface area contributed by atoms with Gasteiger partial charge in [0, 0.05) is 37.3 Å². The van der Waals surface area contributed by atoms with Crippen LogP contribution in [0.2, 0.25) is 0 Å². The van der Waals surface area contributed by atoms with Gasteiger partial charge in [-0.1, -0.05) is 6.07 Å². The summed E-state index contributed by atoms with van der Waals surface area (Å²) in [7, 11) is 0. The molecule has 2 unspecified atom stereocenters. The lowest BCUT2D eigenvalue weighted by atomic mass is 9.83. The van der Waals surface area contributed by atoms with Gasteiger partial charge >= 0.3 is 6.09 Å². The van der Waals surface area contributed by atoms with Gasteiger partial charge in [-0.05, 0) is 39.2 Å². The third-order valence-electron chi connectivity index (χ3n) is 4.13. The number of hydrogen-bond acceptors (Lipinski definition) is 3. The van der Waals surface area contributed by atoms with Gasteiger partial charge in [-0.2, -0.15) is 0 Å². The predicted molar refractivity (Wildman–Crippen MR) is 79.4 cm³/mol. The number of hydrogen-bond donors (Lipinski definition) is 0. The van der Waals surface area contributed by atoms with E-state index >= 15 is 0 Å². The van der Waals surface area contributed by atoms with E-state index in [2.05, 4.69) is 0 Å². The van der Waals surface area contributed by atoms with Crippen LogP contribution in [-0.2, 0) is 11.3 Å². The van der Waals surface area contributed by atoms with Crippen molar-refractivity contribution in [2.24, 2.45) is 5.92 Å². The zero-order valence-corrected chi connectivity index (χ0v) is 12.8. The van der Waals surface area contributed by atoms with E-state index in [4.69, 9.17) is 4.74 Å². The normalized spacial score (nSPS) is 24.4. The molecule has 1 fully saturated rings. The Kier molecular flexibility index (Phi) is 3.30. The molecule has 114 valence electrons. The van der Waals surface area contributed by atoms with Crippen molar-refractivity contribution in [1.82, 2.24) is 9.47 Å². The number of rotatable bonds is 0. The van der Waals surface area contributed by atoms with E-state index in [1.807, 2.05) is 31.4 Å². The van der Waals surface area contributed by atoms with Crippen LogP contribution in [0.1, 0.15) is 38.8 Å². The highest BCUT2D eigenvalue weighted by atomic mass is 16.6. The van der Waals surface area contributed by atoms with Gasteiger partial charge in [0.1, 0.15) is 5.60 Å². The van der Waals surface area contributed by atoms with Crippen LogP contribution in [0.5, 0.6) is 0 Å². The molecule has 1 amide bonds. The van der Waals surface area contributed by atoms with Crippen molar-refractivity contribution >= 4 is 6.09 Å². The average molecular weight is 290 g/mol. The summed E-state index contributed by atoms with van der Waals surface area (Å²) in [6.45, 7) is 7.64. The summed E-state index contributed by atoms with van der Waals surface area (Å²) in [5.41, 5.74) is 0.637. The number of likely N-dealkylation sites (tertiary alicyclic amines) is 1. The molecule has 1 saturated heterocycles. The van der Waals surface area contributed by atoms with Gasteiger partial charge in [0.25, 0.3) is 5.56 Å². The van der Waals surface area contributed by atoms with Crippen LogP contribution in [0, 0.1) is 5.92 Å². The quantitative estimate of drug-likeness (QED) is 0.736. The van der Waals surface area contributed by atoms with Crippen LogP contribution >= 0.6 is 0 Å². The Morgan fingerprint density at radius 3 is 2.71 bits per heavy atom. The van der Waals surface area contributed by atoms with Crippen molar-refractivity contribution in [2.45, 2.75) is 45.3 Å². The Balaban J connectivity index is 1.82. The first-order valence-corrected chi connectivity index (χ1v) is 7.51. The number of carbonyl (C=O) groups is 1. The fourth-order valence-corrected chi connectivity index (χ4v) is 3.37. The highest BCUT2D eigenvalue weighted by Crippen LogP contribution is 2.35. The lowest BCUT2D eigenvalue weighted by Crippen LogP contribution is -2.50. The molecule has 0 aromatic carbocycles. The van der Waals surface area contributed by atoms with Crippen molar-refractivity contribution in [3.8, 4) is 0 Å². The number of pyridine rings is 1. The van der Waals surface area contributed by atoms with Gasteiger partial charge in [-0.3, -0.25) is 4.79 Å². The van der Waals surface area contributed by atoms with E-state index in [0.29, 0.717) is 25.6 Å². The van der Waals surface area contributed by atoms with Crippen molar-refractivity contribution in [2.75, 3.05) is 13.1 Å². The second kappa shape index (κ2) is 4.90. The number of fused-ring (bicyclic) bond motifs is 4. The molecule has 2 bridgehead atoms. The number of amides is 1. The first kappa shape index (κ1) is 14.2. The third-order valence-corrected chi connectivity index (χ3v) is 4.13. The SMILES string of the molecule is CC(C)(C)OC(=O)N1CC2CC(C1)c1cccc(=O)n1C2. The topological polar surface area (TPSA) is 51.5 Å². The second-order valence-electron chi connectivity index (χ2n) is 7.08. The van der Waals surface area contributed by atoms with E-state index in [-0.39, 0.29) is 17.6 Å². The summed E-state index contributed by atoms with van der Waals surface area (Å²) in [5.74, 6) is 0.572. The zero-order chi connectivity index (χ0) is 15.2. The number of carbonyl (C=O) groups excluding carboxylic acids is 1. The minimum Gasteiger partial charge on any atom is -0.444 e. The maximum absolute atomic E-state index is 12.3. The predicted octanol–water partition coefficient (Wildman–Crippen LogP) is 2.20. The van der Waals surface area contributed by atoms with E-state index in [9.17, 15) is 9.59 Å². The number of ether oxygens (including phenoxy) is 1. The van der Waals surface area contributed by atoms with Crippen LogP contribution in [0.4, 0.5) is 4.79 Å². The fraction of sp³-hybridized carbons (Fsp3) is 0.625. The smallest absolute Gasteiger partial charge is 0.410 e. The lowest BCUT2D eigenvalue weighted by molar-refractivity contribution is 0.0102. The van der Waals surface area contributed by atoms with Gasteiger partial charge in [-0.15, -0.1) is 0 Å². The highest BCUT2D eigenvalue weighted by Gasteiger charge is 2.37. The Hall–Kier alpha value is -1.78. The summed E-state index contributed by atoms with van der Waals surface area (Å²) in [5, 5.41) is 0. The first-order valence-electron chi connectivity index (χ1n) is 7.51. The van der Waals surface area contributed by atoms with Crippen molar-refractivity contribution < 1.29 is 9.53 Å². The molecule has 21 heavy (non-hydrogen) atoms. The fourth-order valence-electron chi connectivity index (χ4n) is 3.37. The highest BCUT2D eigenvalue weighted by molar-refractivity contribution is 5.68. The van der Waals surface area contributed by atoms with E-state index in [1.165, 1.54) is 0 Å². The molecule has 0 aliphatic carbocycles. The maximum atomic E-state index is 12.3. The zero-order valence-electron chi connectivity index (χ0n) is 12.8. The molecular weight excluding hydrogens is 268 g/mol. The second-order valence-corrected chi connectivity index (χ2v) is 7.08. The molecule has 0 N–H and O–H groups in total. The van der Waals surface area contributed by atoms with E-state index in [0.717, 1.165) is 12.1 Å². The van der Waals surface area contributed by atoms with Crippen LogP contribution in [0.25, 0.3) is 0 Å². The molecule has 1 aromatic rings. The number of nitrogens with zero attached hydrogens (tertiary/aromatic N) is 2. The number of aromatic nitrogens is 1. The van der Waals surface area contributed by atoms with E-state index in [1.54, 1.807) is 17.0 Å². The third kappa shape index (κ3) is 2.82. The molecule has 0 spiro atoms. The maximum Gasteiger partial charge on any atom is 0.410 e. The first-order chi connectivity index (χ1) is 9.83. The molecule has 5 nitrogen and oxygen atoms in total. The minimum atomic E-state index is -0.474. The van der Waals surface area contributed by atoms with Gasteiger partial charge in [0.05, 0.1) is 0 Å². The Morgan fingerprint density at radius 2 is 2.00 bits per heavy atom. The summed E-state index contributed by atoms with van der Waals surface area (Å²) in [6.07, 6.45) is 0.798. The molecule has 0 saturated carbocycles. The molecule has 3 rings (SSSR count). The summed E-state index contributed by atoms with van der Waals surface area (Å²) in [4.78, 5) is 26.0. The molecule has 3 heterocycles. The van der Waals surface area contributed by atoms with Crippen molar-refractivity contribution in [1.29, 1.82) is 0 Å². The van der Waals surface area contributed by atoms with E-state index < -0.39 is 5.60 Å². The van der Waals surface area contributed by atoms with Gasteiger partial charge in [-0.25, -0.2) is 4.79 Å².